The molecule has 1 N–H and O–H groups in total. The maximum absolute atomic E-state index is 13.3. The maximum Gasteiger partial charge on any atom is 0.287 e. The molecule has 0 amide bonds. The summed E-state index contributed by atoms with van der Waals surface area (Å²) in [5.41, 5.74) is 0.592. The first-order valence-electron chi connectivity index (χ1n) is 5.78. The van der Waals surface area contributed by atoms with Gasteiger partial charge in [-0.2, -0.15) is 4.39 Å². The lowest BCUT2D eigenvalue weighted by Gasteiger charge is -2.03. The Labute approximate surface area is 108 Å². The molecule has 0 aliphatic heterocycles. The smallest absolute Gasteiger partial charge is 0.287 e. The molecule has 3 rings (SSSR count). The molecule has 2 heterocycles. The van der Waals surface area contributed by atoms with E-state index in [0.717, 1.165) is 10.9 Å². The Bertz CT molecular complexity index is 826. The number of aromatic nitrogens is 3. The molecule has 0 aliphatic rings. The highest BCUT2D eigenvalue weighted by Gasteiger charge is 2.09. The highest BCUT2D eigenvalue weighted by molar-refractivity contribution is 5.80. The summed E-state index contributed by atoms with van der Waals surface area (Å²) in [5, 5.41) is 0.993. The second-order valence-electron chi connectivity index (χ2n) is 4.20. The van der Waals surface area contributed by atoms with Gasteiger partial charge in [0.25, 0.3) is 5.56 Å². The van der Waals surface area contributed by atoms with Crippen LogP contribution < -0.4 is 5.56 Å². The number of nitrogens with one attached hydrogen (secondary N) is 1. The van der Waals surface area contributed by atoms with Crippen LogP contribution in [0.3, 0.4) is 0 Å². The lowest BCUT2D eigenvalue weighted by molar-refractivity contribution is 0.589. The topological polar surface area (TPSA) is 58.6 Å². The molecule has 4 nitrogen and oxygen atoms in total. The second kappa shape index (κ2) is 4.28. The number of halogens is 1. The molecule has 94 valence electrons. The SMILES string of the molecule is Cc1nc(-c2ccc3ccccc3n2)[nH]c(=O)c1F. The molecule has 5 heteroatoms. The van der Waals surface area contributed by atoms with Crippen LogP contribution in [0, 0.1) is 12.7 Å². The third-order valence-electron chi connectivity index (χ3n) is 2.87. The molecular weight excluding hydrogens is 245 g/mol. The first-order chi connectivity index (χ1) is 9.15. The van der Waals surface area contributed by atoms with E-state index in [9.17, 15) is 9.18 Å². The Morgan fingerprint density at radius 1 is 1.11 bits per heavy atom. The Hall–Kier alpha value is -2.56. The van der Waals surface area contributed by atoms with Crippen LogP contribution in [0.1, 0.15) is 5.69 Å². The minimum Gasteiger partial charge on any atom is -0.303 e. The van der Waals surface area contributed by atoms with E-state index < -0.39 is 11.4 Å². The summed E-state index contributed by atoms with van der Waals surface area (Å²) in [6.45, 7) is 1.45. The number of hydrogen-bond donors (Lipinski definition) is 1. The van der Waals surface area contributed by atoms with Gasteiger partial charge < -0.3 is 4.98 Å². The number of rotatable bonds is 1. The zero-order chi connectivity index (χ0) is 13.4. The van der Waals surface area contributed by atoms with Crippen molar-refractivity contribution in [2.24, 2.45) is 0 Å². The highest BCUT2D eigenvalue weighted by Crippen LogP contribution is 2.17. The van der Waals surface area contributed by atoms with Crippen molar-refractivity contribution in [2.75, 3.05) is 0 Å². The van der Waals surface area contributed by atoms with Gasteiger partial charge in [0.1, 0.15) is 5.69 Å². The number of aromatic amines is 1. The van der Waals surface area contributed by atoms with Gasteiger partial charge in [0.15, 0.2) is 5.82 Å². The lowest BCUT2D eigenvalue weighted by atomic mass is 10.2. The van der Waals surface area contributed by atoms with Crippen LogP contribution in [0.15, 0.2) is 41.2 Å². The van der Waals surface area contributed by atoms with Gasteiger partial charge in [-0.3, -0.25) is 4.79 Å². The van der Waals surface area contributed by atoms with Crippen molar-refractivity contribution < 1.29 is 4.39 Å². The number of pyridine rings is 1. The van der Waals surface area contributed by atoms with E-state index in [1.807, 2.05) is 30.3 Å². The molecule has 0 fully saturated rings. The molecule has 0 radical (unpaired) electrons. The zero-order valence-corrected chi connectivity index (χ0v) is 10.1. The van der Waals surface area contributed by atoms with Crippen molar-refractivity contribution in [3.05, 3.63) is 58.3 Å². The Morgan fingerprint density at radius 3 is 2.68 bits per heavy atom. The predicted molar refractivity (Wildman–Crippen MR) is 70.3 cm³/mol. The van der Waals surface area contributed by atoms with Gasteiger partial charge >= 0.3 is 0 Å². The summed E-state index contributed by atoms with van der Waals surface area (Å²) in [6, 6.07) is 11.2. The van der Waals surface area contributed by atoms with E-state index in [0.29, 0.717) is 5.69 Å². The second-order valence-corrected chi connectivity index (χ2v) is 4.20. The number of fused-ring (bicyclic) bond motifs is 1. The first kappa shape index (κ1) is 11.5. The van der Waals surface area contributed by atoms with Gasteiger partial charge in [0, 0.05) is 5.39 Å². The fraction of sp³-hybridized carbons (Fsp3) is 0.0714. The number of nitrogens with zero attached hydrogens (tertiary/aromatic N) is 2. The standard InChI is InChI=1S/C14H10FN3O/c1-8-12(15)14(19)18-13(16-8)11-7-6-9-4-2-3-5-10(9)17-11/h2-7H,1H3,(H,16,18,19). The third-order valence-corrected chi connectivity index (χ3v) is 2.87. The Balaban J connectivity index is 2.22. The summed E-state index contributed by atoms with van der Waals surface area (Å²) in [7, 11) is 0. The summed E-state index contributed by atoms with van der Waals surface area (Å²) in [5.74, 6) is -0.584. The number of para-hydroxylation sites is 1. The van der Waals surface area contributed by atoms with Crippen LogP contribution in [-0.4, -0.2) is 15.0 Å². The normalized spacial score (nSPS) is 10.8. The van der Waals surface area contributed by atoms with Crippen LogP contribution in [0.25, 0.3) is 22.4 Å². The Kier molecular flexibility index (Phi) is 2.59. The van der Waals surface area contributed by atoms with Crippen LogP contribution in [0.4, 0.5) is 4.39 Å². The van der Waals surface area contributed by atoms with E-state index in [-0.39, 0.29) is 11.5 Å². The van der Waals surface area contributed by atoms with E-state index in [4.69, 9.17) is 0 Å². The molecular formula is C14H10FN3O. The third kappa shape index (κ3) is 1.99. The molecule has 0 atom stereocenters. The van der Waals surface area contributed by atoms with Crippen molar-refractivity contribution in [2.45, 2.75) is 6.92 Å². The van der Waals surface area contributed by atoms with Crippen LogP contribution in [-0.2, 0) is 0 Å². The Morgan fingerprint density at radius 2 is 1.89 bits per heavy atom. The molecule has 0 unspecified atom stereocenters. The van der Waals surface area contributed by atoms with Gasteiger partial charge in [0.05, 0.1) is 11.2 Å². The van der Waals surface area contributed by atoms with Crippen molar-refractivity contribution >= 4 is 10.9 Å². The number of benzene rings is 1. The molecule has 0 aliphatic carbocycles. The largest absolute Gasteiger partial charge is 0.303 e. The van der Waals surface area contributed by atoms with Gasteiger partial charge in [-0.1, -0.05) is 24.3 Å². The molecule has 0 spiro atoms. The van der Waals surface area contributed by atoms with Crippen LogP contribution >= 0.6 is 0 Å². The molecule has 1 aromatic carbocycles. The molecule has 3 aromatic rings. The lowest BCUT2D eigenvalue weighted by Crippen LogP contribution is -2.15. The van der Waals surface area contributed by atoms with E-state index in [1.54, 1.807) is 6.07 Å². The monoisotopic (exact) mass is 255 g/mol. The highest BCUT2D eigenvalue weighted by atomic mass is 19.1. The maximum atomic E-state index is 13.3. The fourth-order valence-electron chi connectivity index (χ4n) is 1.89. The summed E-state index contributed by atoms with van der Waals surface area (Å²) < 4.78 is 13.3. The molecule has 0 saturated carbocycles. The molecule has 19 heavy (non-hydrogen) atoms. The van der Waals surface area contributed by atoms with Crippen molar-refractivity contribution in [3.8, 4) is 11.5 Å². The molecule has 2 aromatic heterocycles. The van der Waals surface area contributed by atoms with Gasteiger partial charge in [-0.05, 0) is 19.1 Å². The van der Waals surface area contributed by atoms with E-state index >= 15 is 0 Å². The average Bonchev–Trinajstić information content (AvgIpc) is 2.43. The predicted octanol–water partition coefficient (Wildman–Crippen LogP) is 2.43. The van der Waals surface area contributed by atoms with E-state index in [2.05, 4.69) is 15.0 Å². The van der Waals surface area contributed by atoms with Gasteiger partial charge in [0.2, 0.25) is 5.82 Å². The molecule has 0 saturated heterocycles. The van der Waals surface area contributed by atoms with Gasteiger partial charge in [-0.15, -0.1) is 0 Å². The summed E-state index contributed by atoms with van der Waals surface area (Å²) in [6.07, 6.45) is 0. The zero-order valence-electron chi connectivity index (χ0n) is 10.1. The number of hydrogen-bond acceptors (Lipinski definition) is 3. The van der Waals surface area contributed by atoms with Crippen LogP contribution in [0.2, 0.25) is 0 Å². The van der Waals surface area contributed by atoms with Crippen molar-refractivity contribution in [1.29, 1.82) is 0 Å². The van der Waals surface area contributed by atoms with Crippen molar-refractivity contribution in [1.82, 2.24) is 15.0 Å². The quantitative estimate of drug-likeness (QED) is 0.726. The van der Waals surface area contributed by atoms with Crippen LogP contribution in [0.5, 0.6) is 0 Å². The number of H-pyrrole nitrogens is 1. The van der Waals surface area contributed by atoms with Crippen molar-refractivity contribution in [3.63, 3.8) is 0 Å². The number of aryl methyl sites for hydroxylation is 1. The first-order valence-corrected chi connectivity index (χ1v) is 5.78. The minimum absolute atomic E-state index is 0.0636. The fourth-order valence-corrected chi connectivity index (χ4v) is 1.89. The summed E-state index contributed by atoms with van der Waals surface area (Å²) in [4.78, 5) is 22.2. The molecule has 0 bridgehead atoms. The van der Waals surface area contributed by atoms with E-state index in [1.165, 1.54) is 6.92 Å². The average molecular weight is 255 g/mol. The summed E-state index contributed by atoms with van der Waals surface area (Å²) >= 11 is 0. The minimum atomic E-state index is -0.857. The van der Waals surface area contributed by atoms with Gasteiger partial charge in [-0.25, -0.2) is 9.97 Å².